The van der Waals surface area contributed by atoms with Gasteiger partial charge in [0.15, 0.2) is 10.3 Å². The maximum absolute atomic E-state index is 11.5. The highest BCUT2D eigenvalue weighted by molar-refractivity contribution is 7.19. The minimum Gasteiger partial charge on any atom is -0.375 e. The molecular weight excluding hydrogens is 354 g/mol. The molecule has 0 spiro atoms. The molecule has 0 radical (unpaired) electrons. The third kappa shape index (κ3) is 3.80. The molecule has 0 saturated heterocycles. The first-order chi connectivity index (χ1) is 12.0. The second-order valence-electron chi connectivity index (χ2n) is 5.62. The molecular formula is C17H19N5OS2. The Balaban J connectivity index is 1.91. The first kappa shape index (κ1) is 17.4. The number of rotatable bonds is 6. The van der Waals surface area contributed by atoms with Crippen LogP contribution < -0.4 is 16.8 Å². The summed E-state index contributed by atoms with van der Waals surface area (Å²) in [5.74, 6) is -0.443. The summed E-state index contributed by atoms with van der Waals surface area (Å²) in [6.45, 7) is 4.04. The molecule has 1 amide bonds. The number of anilines is 3. The number of nitrogen functional groups attached to an aromatic ring is 1. The molecule has 1 aromatic carbocycles. The smallest absolute Gasteiger partial charge is 0.248 e. The van der Waals surface area contributed by atoms with E-state index in [-0.39, 0.29) is 0 Å². The zero-order chi connectivity index (χ0) is 18.0. The standard InChI is InChI=1S/C17H19N5OS2/c1-3-4-10-5-6-11(15(18)23)7-12(10)21-17-22-13(8-24-17)14-9(2)20-16(19)25-14/h5-8H,3-4H2,1-2H3,(H2,18,23)(H2,19,20)(H,21,22). The van der Waals surface area contributed by atoms with Gasteiger partial charge in [-0.2, -0.15) is 0 Å². The highest BCUT2D eigenvalue weighted by Crippen LogP contribution is 2.34. The van der Waals surface area contributed by atoms with E-state index in [2.05, 4.69) is 22.2 Å². The van der Waals surface area contributed by atoms with Crippen molar-refractivity contribution in [3.8, 4) is 10.6 Å². The van der Waals surface area contributed by atoms with Crippen molar-refractivity contribution in [3.05, 3.63) is 40.4 Å². The van der Waals surface area contributed by atoms with Crippen molar-refractivity contribution in [3.63, 3.8) is 0 Å². The van der Waals surface area contributed by atoms with Crippen LogP contribution in [0.5, 0.6) is 0 Å². The fraction of sp³-hybridized carbons (Fsp3) is 0.235. The van der Waals surface area contributed by atoms with Crippen molar-refractivity contribution in [2.75, 3.05) is 11.1 Å². The van der Waals surface area contributed by atoms with E-state index in [9.17, 15) is 4.79 Å². The Kier molecular flexibility index (Phi) is 5.00. The Hall–Kier alpha value is -2.45. The number of nitrogens with one attached hydrogen (secondary N) is 1. The minimum atomic E-state index is -0.443. The highest BCUT2D eigenvalue weighted by Gasteiger charge is 2.13. The van der Waals surface area contributed by atoms with Crippen LogP contribution in [0.3, 0.4) is 0 Å². The van der Waals surface area contributed by atoms with Crippen molar-refractivity contribution < 1.29 is 4.79 Å². The molecule has 0 aliphatic heterocycles. The second kappa shape index (κ2) is 7.20. The number of aryl methyl sites for hydroxylation is 2. The van der Waals surface area contributed by atoms with Crippen LogP contribution >= 0.6 is 22.7 Å². The van der Waals surface area contributed by atoms with E-state index >= 15 is 0 Å². The lowest BCUT2D eigenvalue weighted by molar-refractivity contribution is 0.100. The zero-order valence-corrected chi connectivity index (χ0v) is 15.6. The SMILES string of the molecule is CCCc1ccc(C(N)=O)cc1Nc1nc(-c2sc(N)nc2C)cs1. The largest absolute Gasteiger partial charge is 0.375 e. The fourth-order valence-corrected chi connectivity index (χ4v) is 4.12. The van der Waals surface area contributed by atoms with Crippen molar-refractivity contribution >= 4 is 44.5 Å². The molecule has 0 bridgehead atoms. The Morgan fingerprint density at radius 3 is 2.76 bits per heavy atom. The maximum Gasteiger partial charge on any atom is 0.248 e. The van der Waals surface area contributed by atoms with Crippen molar-refractivity contribution in [1.82, 2.24) is 9.97 Å². The first-order valence-corrected chi connectivity index (χ1v) is 9.56. The molecule has 25 heavy (non-hydrogen) atoms. The van der Waals surface area contributed by atoms with Gasteiger partial charge in [0, 0.05) is 16.6 Å². The van der Waals surface area contributed by atoms with Gasteiger partial charge in [-0.15, -0.1) is 11.3 Å². The fourth-order valence-electron chi connectivity index (χ4n) is 2.54. The van der Waals surface area contributed by atoms with Gasteiger partial charge < -0.3 is 16.8 Å². The number of hydrogen-bond donors (Lipinski definition) is 3. The van der Waals surface area contributed by atoms with Crippen molar-refractivity contribution in [2.45, 2.75) is 26.7 Å². The summed E-state index contributed by atoms with van der Waals surface area (Å²) >= 11 is 2.92. The lowest BCUT2D eigenvalue weighted by Gasteiger charge is -2.11. The lowest BCUT2D eigenvalue weighted by atomic mass is 10.0. The number of amides is 1. The molecule has 0 aliphatic carbocycles. The van der Waals surface area contributed by atoms with Gasteiger partial charge in [-0.05, 0) is 31.0 Å². The Labute approximate surface area is 153 Å². The van der Waals surface area contributed by atoms with Gasteiger partial charge in [0.05, 0.1) is 16.3 Å². The molecule has 0 aliphatic rings. The number of hydrogen-bond acceptors (Lipinski definition) is 7. The topological polar surface area (TPSA) is 107 Å². The molecule has 3 rings (SSSR count). The Morgan fingerprint density at radius 2 is 2.12 bits per heavy atom. The van der Waals surface area contributed by atoms with Crippen LogP contribution in [0.4, 0.5) is 16.0 Å². The number of nitrogens with two attached hydrogens (primary N) is 2. The van der Waals surface area contributed by atoms with E-state index in [0.29, 0.717) is 10.7 Å². The summed E-state index contributed by atoms with van der Waals surface area (Å²) in [4.78, 5) is 21.3. The predicted octanol–water partition coefficient (Wildman–Crippen LogP) is 3.95. The molecule has 2 aromatic heterocycles. The van der Waals surface area contributed by atoms with E-state index in [1.54, 1.807) is 12.1 Å². The normalized spacial score (nSPS) is 10.8. The first-order valence-electron chi connectivity index (χ1n) is 7.86. The maximum atomic E-state index is 11.5. The summed E-state index contributed by atoms with van der Waals surface area (Å²) in [6, 6.07) is 5.48. The van der Waals surface area contributed by atoms with E-state index < -0.39 is 5.91 Å². The molecule has 8 heteroatoms. The van der Waals surface area contributed by atoms with Gasteiger partial charge in [0.25, 0.3) is 0 Å². The lowest BCUT2D eigenvalue weighted by Crippen LogP contribution is -2.11. The number of carbonyl (C=O) groups is 1. The monoisotopic (exact) mass is 373 g/mol. The highest BCUT2D eigenvalue weighted by atomic mass is 32.1. The van der Waals surface area contributed by atoms with Crippen LogP contribution in [0, 0.1) is 6.92 Å². The second-order valence-corrected chi connectivity index (χ2v) is 7.50. The number of primary amides is 1. The zero-order valence-electron chi connectivity index (χ0n) is 14.0. The molecule has 3 aromatic rings. The number of aromatic nitrogens is 2. The van der Waals surface area contributed by atoms with Crippen molar-refractivity contribution in [2.24, 2.45) is 5.73 Å². The number of thiazole rings is 2. The average Bonchev–Trinajstić information content (AvgIpc) is 3.15. The molecule has 5 N–H and O–H groups in total. The minimum absolute atomic E-state index is 0.443. The van der Waals surface area contributed by atoms with Gasteiger partial charge in [-0.3, -0.25) is 4.79 Å². The predicted molar refractivity (Wildman–Crippen MR) is 105 cm³/mol. The van der Waals surface area contributed by atoms with E-state index in [1.807, 2.05) is 18.4 Å². The number of benzene rings is 1. The molecule has 130 valence electrons. The summed E-state index contributed by atoms with van der Waals surface area (Å²) in [7, 11) is 0. The van der Waals surface area contributed by atoms with Gasteiger partial charge in [0.1, 0.15) is 0 Å². The van der Waals surface area contributed by atoms with Crippen LogP contribution in [0.2, 0.25) is 0 Å². The summed E-state index contributed by atoms with van der Waals surface area (Å²) in [5, 5.41) is 6.58. The van der Waals surface area contributed by atoms with Gasteiger partial charge in [-0.25, -0.2) is 9.97 Å². The third-order valence-electron chi connectivity index (χ3n) is 3.71. The molecule has 0 unspecified atom stereocenters. The van der Waals surface area contributed by atoms with Gasteiger partial charge >= 0.3 is 0 Å². The van der Waals surface area contributed by atoms with Crippen LogP contribution in [0.1, 0.15) is 35.0 Å². The number of carbonyl (C=O) groups excluding carboxylic acids is 1. The average molecular weight is 374 g/mol. The van der Waals surface area contributed by atoms with Crippen LogP contribution in [0.25, 0.3) is 10.6 Å². The number of nitrogens with zero attached hydrogens (tertiary/aromatic N) is 2. The van der Waals surface area contributed by atoms with Gasteiger partial charge in [0.2, 0.25) is 5.91 Å². The summed E-state index contributed by atoms with van der Waals surface area (Å²) < 4.78 is 0. The Bertz CT molecular complexity index is 916. The Morgan fingerprint density at radius 1 is 1.32 bits per heavy atom. The van der Waals surface area contributed by atoms with Crippen molar-refractivity contribution in [1.29, 1.82) is 0 Å². The molecule has 2 heterocycles. The summed E-state index contributed by atoms with van der Waals surface area (Å²) in [5.41, 5.74) is 15.4. The summed E-state index contributed by atoms with van der Waals surface area (Å²) in [6.07, 6.45) is 1.91. The molecule has 0 atom stereocenters. The van der Waals surface area contributed by atoms with Crippen LogP contribution in [-0.2, 0) is 6.42 Å². The van der Waals surface area contributed by atoms with Gasteiger partial charge in [-0.1, -0.05) is 30.7 Å². The third-order valence-corrected chi connectivity index (χ3v) is 5.47. The molecule has 0 fully saturated rings. The van der Waals surface area contributed by atoms with Crippen LogP contribution in [0.15, 0.2) is 23.6 Å². The molecule has 0 saturated carbocycles. The van der Waals surface area contributed by atoms with E-state index in [1.165, 1.54) is 22.7 Å². The van der Waals surface area contributed by atoms with E-state index in [0.717, 1.165) is 45.5 Å². The molecule has 6 nitrogen and oxygen atoms in total. The van der Waals surface area contributed by atoms with Crippen LogP contribution in [-0.4, -0.2) is 15.9 Å². The quantitative estimate of drug-likeness (QED) is 0.606. The van der Waals surface area contributed by atoms with E-state index in [4.69, 9.17) is 11.5 Å².